The first kappa shape index (κ1) is 13.6. The maximum absolute atomic E-state index is 12.2. The van der Waals surface area contributed by atoms with Crippen molar-refractivity contribution in [1.82, 2.24) is 10.3 Å². The van der Waals surface area contributed by atoms with Gasteiger partial charge in [0.25, 0.3) is 5.91 Å². The smallest absolute Gasteiger partial charge is 0.274 e. The molecule has 2 aromatic heterocycles. The summed E-state index contributed by atoms with van der Waals surface area (Å²) in [5, 5.41) is 4.80. The third kappa shape index (κ3) is 3.03. The Morgan fingerprint density at radius 2 is 2.10 bits per heavy atom. The number of rotatable bonds is 4. The second-order valence-electron chi connectivity index (χ2n) is 4.68. The van der Waals surface area contributed by atoms with E-state index in [2.05, 4.69) is 10.3 Å². The highest BCUT2D eigenvalue weighted by Crippen LogP contribution is 2.27. The summed E-state index contributed by atoms with van der Waals surface area (Å²) in [6.45, 7) is 2.50. The van der Waals surface area contributed by atoms with Crippen LogP contribution in [0.4, 0.5) is 0 Å². The van der Waals surface area contributed by atoms with Gasteiger partial charge in [0.05, 0.1) is 4.88 Å². The van der Waals surface area contributed by atoms with Crippen molar-refractivity contribution in [1.29, 1.82) is 0 Å². The number of hydrogen-bond donors (Lipinski definition) is 1. The van der Waals surface area contributed by atoms with Crippen molar-refractivity contribution >= 4 is 17.2 Å². The quantitative estimate of drug-likeness (QED) is 0.800. The van der Waals surface area contributed by atoms with Gasteiger partial charge in [-0.05, 0) is 23.9 Å². The van der Waals surface area contributed by atoms with E-state index in [0.29, 0.717) is 18.0 Å². The van der Waals surface area contributed by atoms with E-state index in [0.717, 1.165) is 10.4 Å². The van der Waals surface area contributed by atoms with Crippen LogP contribution in [0.2, 0.25) is 0 Å². The van der Waals surface area contributed by atoms with Gasteiger partial charge in [-0.2, -0.15) is 0 Å². The average molecular weight is 298 g/mol. The van der Waals surface area contributed by atoms with Crippen molar-refractivity contribution in [2.75, 3.05) is 0 Å². The van der Waals surface area contributed by atoms with Crippen molar-refractivity contribution in [2.45, 2.75) is 13.5 Å². The number of thiophene rings is 1. The molecule has 0 fully saturated rings. The third-order valence-corrected chi connectivity index (χ3v) is 3.97. The number of amides is 1. The van der Waals surface area contributed by atoms with Gasteiger partial charge in [0.2, 0.25) is 0 Å². The fourth-order valence-electron chi connectivity index (χ4n) is 1.96. The largest absolute Gasteiger partial charge is 0.442 e. The van der Waals surface area contributed by atoms with E-state index in [9.17, 15) is 4.79 Å². The lowest BCUT2D eigenvalue weighted by molar-refractivity contribution is 0.0947. The molecule has 4 nitrogen and oxygen atoms in total. The number of aryl methyl sites for hydroxylation is 1. The fourth-order valence-corrected chi connectivity index (χ4v) is 2.68. The number of benzene rings is 1. The van der Waals surface area contributed by atoms with Crippen molar-refractivity contribution in [3.8, 4) is 10.6 Å². The van der Waals surface area contributed by atoms with Crippen LogP contribution in [0.3, 0.4) is 0 Å². The van der Waals surface area contributed by atoms with Gasteiger partial charge in [0.1, 0.15) is 0 Å². The first-order valence-corrected chi connectivity index (χ1v) is 7.43. The summed E-state index contributed by atoms with van der Waals surface area (Å²) in [6.07, 6.45) is 1.30. The van der Waals surface area contributed by atoms with Gasteiger partial charge < -0.3 is 9.73 Å². The van der Waals surface area contributed by atoms with Crippen LogP contribution in [0.15, 0.2) is 52.6 Å². The molecule has 1 amide bonds. The number of nitrogens with one attached hydrogen (secondary N) is 1. The van der Waals surface area contributed by atoms with Gasteiger partial charge in [0, 0.05) is 6.54 Å². The van der Waals surface area contributed by atoms with Crippen LogP contribution in [0.25, 0.3) is 10.6 Å². The number of carbonyl (C=O) groups is 1. The predicted molar refractivity (Wildman–Crippen MR) is 82.2 cm³/mol. The molecular weight excluding hydrogens is 284 g/mol. The van der Waals surface area contributed by atoms with Crippen LogP contribution >= 0.6 is 11.3 Å². The minimum atomic E-state index is -0.229. The van der Waals surface area contributed by atoms with E-state index in [1.54, 1.807) is 0 Å². The van der Waals surface area contributed by atoms with Crippen LogP contribution in [0.5, 0.6) is 0 Å². The summed E-state index contributed by atoms with van der Waals surface area (Å²) in [5.74, 6) is 0.291. The summed E-state index contributed by atoms with van der Waals surface area (Å²) in [5.41, 5.74) is 2.57. The van der Waals surface area contributed by atoms with E-state index in [1.807, 2.05) is 48.7 Å². The van der Waals surface area contributed by atoms with Gasteiger partial charge >= 0.3 is 0 Å². The summed E-state index contributed by atoms with van der Waals surface area (Å²) in [6, 6.07) is 11.9. The molecule has 0 aliphatic rings. The van der Waals surface area contributed by atoms with Crippen LogP contribution in [-0.4, -0.2) is 10.9 Å². The van der Waals surface area contributed by atoms with Crippen LogP contribution in [-0.2, 0) is 6.54 Å². The first-order valence-electron chi connectivity index (χ1n) is 6.55. The molecule has 1 aromatic carbocycles. The Labute approximate surface area is 126 Å². The molecular formula is C16H14N2O2S. The minimum absolute atomic E-state index is 0.229. The Balaban J connectivity index is 1.72. The van der Waals surface area contributed by atoms with Gasteiger partial charge in [-0.1, -0.05) is 35.9 Å². The molecule has 0 bridgehead atoms. The molecule has 0 aliphatic heterocycles. The zero-order valence-corrected chi connectivity index (χ0v) is 12.3. The molecule has 3 rings (SSSR count). The topological polar surface area (TPSA) is 55.1 Å². The minimum Gasteiger partial charge on any atom is -0.442 e. The van der Waals surface area contributed by atoms with Crippen molar-refractivity contribution in [2.24, 2.45) is 0 Å². The summed E-state index contributed by atoms with van der Waals surface area (Å²) in [7, 11) is 0. The SMILES string of the molecule is Cc1ccc(CNC(=O)c2ncoc2-c2cccs2)cc1. The molecule has 5 heteroatoms. The molecule has 0 atom stereocenters. The zero-order chi connectivity index (χ0) is 14.7. The molecule has 0 radical (unpaired) electrons. The highest BCUT2D eigenvalue weighted by Gasteiger charge is 2.18. The maximum atomic E-state index is 12.2. The average Bonchev–Trinajstić information content (AvgIpc) is 3.16. The monoisotopic (exact) mass is 298 g/mol. The lowest BCUT2D eigenvalue weighted by atomic mass is 10.1. The standard InChI is InChI=1S/C16H14N2O2S/c1-11-4-6-12(7-5-11)9-17-16(19)14-15(20-10-18-14)13-3-2-8-21-13/h2-8,10H,9H2,1H3,(H,17,19). The second kappa shape index (κ2) is 5.93. The Hall–Kier alpha value is -2.40. The second-order valence-corrected chi connectivity index (χ2v) is 5.62. The number of nitrogens with zero attached hydrogens (tertiary/aromatic N) is 1. The highest BCUT2D eigenvalue weighted by molar-refractivity contribution is 7.13. The third-order valence-electron chi connectivity index (χ3n) is 3.10. The predicted octanol–water partition coefficient (Wildman–Crippen LogP) is 3.64. The first-order chi connectivity index (χ1) is 10.2. The Kier molecular flexibility index (Phi) is 3.83. The van der Waals surface area contributed by atoms with Gasteiger partial charge in [-0.3, -0.25) is 4.79 Å². The van der Waals surface area contributed by atoms with Crippen LogP contribution in [0.1, 0.15) is 21.6 Å². The van der Waals surface area contributed by atoms with E-state index < -0.39 is 0 Å². The summed E-state index contributed by atoms with van der Waals surface area (Å²) >= 11 is 1.51. The zero-order valence-electron chi connectivity index (χ0n) is 11.5. The van der Waals surface area contributed by atoms with Crippen molar-refractivity contribution < 1.29 is 9.21 Å². The summed E-state index contributed by atoms with van der Waals surface area (Å²) in [4.78, 5) is 17.2. The molecule has 2 heterocycles. The van der Waals surface area contributed by atoms with Gasteiger partial charge in [-0.15, -0.1) is 11.3 Å². The molecule has 0 saturated carbocycles. The molecule has 1 N–H and O–H groups in total. The van der Waals surface area contributed by atoms with Crippen molar-refractivity contribution in [3.63, 3.8) is 0 Å². The van der Waals surface area contributed by atoms with E-state index in [-0.39, 0.29) is 5.91 Å². The molecule has 21 heavy (non-hydrogen) atoms. The van der Waals surface area contributed by atoms with Crippen LogP contribution in [0, 0.1) is 6.92 Å². The van der Waals surface area contributed by atoms with Gasteiger partial charge in [0.15, 0.2) is 17.8 Å². The molecule has 0 spiro atoms. The van der Waals surface area contributed by atoms with E-state index >= 15 is 0 Å². The number of hydrogen-bond acceptors (Lipinski definition) is 4. The Morgan fingerprint density at radius 1 is 1.29 bits per heavy atom. The lowest BCUT2D eigenvalue weighted by Gasteiger charge is -2.04. The highest BCUT2D eigenvalue weighted by atomic mass is 32.1. The van der Waals surface area contributed by atoms with Crippen molar-refractivity contribution in [3.05, 3.63) is 65.0 Å². The molecule has 0 saturated heterocycles. The van der Waals surface area contributed by atoms with Crippen LogP contribution < -0.4 is 5.32 Å². The summed E-state index contributed by atoms with van der Waals surface area (Å²) < 4.78 is 5.34. The molecule has 0 unspecified atom stereocenters. The van der Waals surface area contributed by atoms with Gasteiger partial charge in [-0.25, -0.2) is 4.98 Å². The lowest BCUT2D eigenvalue weighted by Crippen LogP contribution is -2.23. The number of oxazole rings is 1. The fraction of sp³-hybridized carbons (Fsp3) is 0.125. The maximum Gasteiger partial charge on any atom is 0.274 e. The van der Waals surface area contributed by atoms with E-state index in [4.69, 9.17) is 4.42 Å². The molecule has 106 valence electrons. The molecule has 0 aliphatic carbocycles. The molecule has 3 aromatic rings. The Morgan fingerprint density at radius 3 is 2.81 bits per heavy atom. The normalized spacial score (nSPS) is 10.5. The number of carbonyl (C=O) groups excluding carboxylic acids is 1. The number of aromatic nitrogens is 1. The van der Waals surface area contributed by atoms with E-state index in [1.165, 1.54) is 23.3 Å². The Bertz CT molecular complexity index is 730.